The number of ether oxygens (including phenoxy) is 1. The molecule has 1 saturated heterocycles. The van der Waals surface area contributed by atoms with Crippen LogP contribution in [0.1, 0.15) is 75.3 Å². The number of hydrogen-bond donors (Lipinski definition) is 1. The van der Waals surface area contributed by atoms with Gasteiger partial charge in [0.1, 0.15) is 5.75 Å². The van der Waals surface area contributed by atoms with Crippen LogP contribution < -0.4 is 4.74 Å². The van der Waals surface area contributed by atoms with Crippen LogP contribution in [0, 0.1) is 18.3 Å². The van der Waals surface area contributed by atoms with Crippen molar-refractivity contribution in [1.29, 1.82) is 0 Å². The minimum Gasteiger partial charge on any atom is -0.497 e. The molecule has 2 aliphatic rings. The van der Waals surface area contributed by atoms with Crippen molar-refractivity contribution in [2.24, 2.45) is 11.3 Å². The molecule has 0 amide bonds. The third kappa shape index (κ3) is 5.63. The number of aliphatic hydroxyl groups excluding tert-OH is 1. The highest BCUT2D eigenvalue weighted by Gasteiger charge is 2.33. The first-order valence-corrected chi connectivity index (χ1v) is 12.9. The summed E-state index contributed by atoms with van der Waals surface area (Å²) >= 11 is 0. The first kappa shape index (κ1) is 23.5. The fourth-order valence-corrected chi connectivity index (χ4v) is 6.00. The summed E-state index contributed by atoms with van der Waals surface area (Å²) in [5.74, 6) is 1.85. The molecule has 1 N–H and O–H groups in total. The van der Waals surface area contributed by atoms with Gasteiger partial charge >= 0.3 is 0 Å². The summed E-state index contributed by atoms with van der Waals surface area (Å²) in [6.45, 7) is 6.06. The van der Waals surface area contributed by atoms with Crippen LogP contribution in [0.2, 0.25) is 0 Å². The van der Waals surface area contributed by atoms with E-state index in [0.717, 1.165) is 62.4 Å². The Kier molecular flexibility index (Phi) is 8.07. The maximum atomic E-state index is 10.3. The van der Waals surface area contributed by atoms with Gasteiger partial charge in [-0.3, -0.25) is 4.98 Å². The maximum absolute atomic E-state index is 10.3. The minimum absolute atomic E-state index is 0.107. The molecular formula is C28H42N2O2. The average molecular weight is 439 g/mol. The summed E-state index contributed by atoms with van der Waals surface area (Å²) in [6.07, 6.45) is 16.1. The van der Waals surface area contributed by atoms with Crippen molar-refractivity contribution in [1.82, 2.24) is 9.88 Å². The number of fused-ring (bicyclic) bond motifs is 1. The molecule has 0 bridgehead atoms. The third-order valence-corrected chi connectivity index (χ3v) is 8.37. The van der Waals surface area contributed by atoms with Gasteiger partial charge in [0.15, 0.2) is 0 Å². The topological polar surface area (TPSA) is 45.6 Å². The van der Waals surface area contributed by atoms with E-state index in [9.17, 15) is 5.11 Å². The fraction of sp³-hybridized carbons (Fsp3) is 0.679. The lowest BCUT2D eigenvalue weighted by Crippen LogP contribution is -2.42. The van der Waals surface area contributed by atoms with Gasteiger partial charge in [0, 0.05) is 18.2 Å². The highest BCUT2D eigenvalue weighted by Crippen LogP contribution is 2.37. The summed E-state index contributed by atoms with van der Waals surface area (Å²) in [5, 5.41) is 11.5. The molecule has 176 valence electrons. The molecule has 4 nitrogen and oxygen atoms in total. The molecule has 1 aromatic heterocycles. The average Bonchev–Trinajstić information content (AvgIpc) is 2.85. The second-order valence-corrected chi connectivity index (χ2v) is 10.4. The zero-order chi connectivity index (χ0) is 22.4. The van der Waals surface area contributed by atoms with Crippen molar-refractivity contribution >= 4 is 10.9 Å². The molecule has 1 aliphatic heterocycles. The highest BCUT2D eigenvalue weighted by atomic mass is 16.5. The van der Waals surface area contributed by atoms with Crippen molar-refractivity contribution in [3.8, 4) is 5.75 Å². The summed E-state index contributed by atoms with van der Waals surface area (Å²) in [6, 6.07) is 6.16. The number of methoxy groups -OCH3 is 1. The lowest BCUT2D eigenvalue weighted by Gasteiger charge is -2.41. The molecule has 1 aliphatic carbocycles. The Morgan fingerprint density at radius 1 is 1.16 bits per heavy atom. The standard InChI is InChI=1S/C28H42N2O2/c1-22-20-29-27-11-10-24(32-2)19-26(27)25(22)9-6-13-28(21-31)14-17-30(18-15-28)16-12-23-7-4-3-5-8-23/h10-11,19-20,23,31H,3-9,12-18,21H2,1-2H3. The van der Waals surface area contributed by atoms with Crippen molar-refractivity contribution in [2.75, 3.05) is 33.4 Å². The number of benzene rings is 1. The monoisotopic (exact) mass is 438 g/mol. The third-order valence-electron chi connectivity index (χ3n) is 8.37. The first-order chi connectivity index (χ1) is 15.6. The van der Waals surface area contributed by atoms with Gasteiger partial charge in [-0.25, -0.2) is 0 Å². The van der Waals surface area contributed by atoms with Crippen LogP contribution in [-0.2, 0) is 6.42 Å². The van der Waals surface area contributed by atoms with Crippen LogP contribution >= 0.6 is 0 Å². The van der Waals surface area contributed by atoms with Crippen molar-refractivity contribution < 1.29 is 9.84 Å². The van der Waals surface area contributed by atoms with Crippen molar-refractivity contribution in [2.45, 2.75) is 77.6 Å². The molecule has 2 heterocycles. The summed E-state index contributed by atoms with van der Waals surface area (Å²) < 4.78 is 5.45. The molecule has 0 spiro atoms. The van der Waals surface area contributed by atoms with E-state index in [4.69, 9.17) is 4.74 Å². The van der Waals surface area contributed by atoms with E-state index in [2.05, 4.69) is 28.9 Å². The van der Waals surface area contributed by atoms with Crippen molar-refractivity contribution in [3.05, 3.63) is 35.5 Å². The number of pyridine rings is 1. The van der Waals surface area contributed by atoms with Gasteiger partial charge in [0.05, 0.1) is 12.6 Å². The molecule has 0 atom stereocenters. The van der Waals surface area contributed by atoms with E-state index >= 15 is 0 Å². The van der Waals surface area contributed by atoms with Gasteiger partial charge in [-0.15, -0.1) is 0 Å². The molecule has 2 fully saturated rings. The predicted octanol–water partition coefficient (Wildman–Crippen LogP) is 5.92. The number of aromatic nitrogens is 1. The zero-order valence-corrected chi connectivity index (χ0v) is 20.2. The number of piperidine rings is 1. The molecule has 2 aromatic rings. The Balaban J connectivity index is 1.31. The van der Waals surface area contributed by atoms with Crippen molar-refractivity contribution in [3.63, 3.8) is 0 Å². The van der Waals surface area contributed by atoms with E-state index < -0.39 is 0 Å². The van der Waals surface area contributed by atoms with Gasteiger partial charge in [-0.05, 0) is 106 Å². The van der Waals surface area contributed by atoms with E-state index in [1.165, 1.54) is 61.6 Å². The summed E-state index contributed by atoms with van der Waals surface area (Å²) in [4.78, 5) is 7.26. The molecule has 4 rings (SSSR count). The number of hydrogen-bond acceptors (Lipinski definition) is 4. The maximum Gasteiger partial charge on any atom is 0.119 e. The van der Waals surface area contributed by atoms with E-state index in [-0.39, 0.29) is 5.41 Å². The van der Waals surface area contributed by atoms with Gasteiger partial charge in [0.2, 0.25) is 0 Å². The SMILES string of the molecule is COc1ccc2ncc(C)c(CCCC3(CO)CCN(CCC4CCCCC4)CC3)c2c1. The van der Waals surface area contributed by atoms with Crippen LogP contribution in [0.5, 0.6) is 5.75 Å². The summed E-state index contributed by atoms with van der Waals surface area (Å²) in [5.41, 5.74) is 3.78. The first-order valence-electron chi connectivity index (χ1n) is 12.9. The van der Waals surface area contributed by atoms with Gasteiger partial charge < -0.3 is 14.7 Å². The minimum atomic E-state index is 0.107. The van der Waals surface area contributed by atoms with Gasteiger partial charge in [-0.2, -0.15) is 0 Å². The quantitative estimate of drug-likeness (QED) is 0.528. The fourth-order valence-electron chi connectivity index (χ4n) is 6.00. The molecular weight excluding hydrogens is 396 g/mol. The number of aliphatic hydroxyl groups is 1. The lowest BCUT2D eigenvalue weighted by molar-refractivity contribution is 0.0333. The van der Waals surface area contributed by atoms with Crippen LogP contribution in [0.4, 0.5) is 0 Å². The molecule has 4 heteroatoms. The molecule has 1 saturated carbocycles. The Morgan fingerprint density at radius 2 is 1.94 bits per heavy atom. The Labute approximate surface area is 194 Å². The highest BCUT2D eigenvalue weighted by molar-refractivity contribution is 5.84. The normalized spacial score (nSPS) is 20.0. The zero-order valence-electron chi connectivity index (χ0n) is 20.2. The summed E-state index contributed by atoms with van der Waals surface area (Å²) in [7, 11) is 1.72. The largest absolute Gasteiger partial charge is 0.497 e. The van der Waals surface area contributed by atoms with Gasteiger partial charge in [0.25, 0.3) is 0 Å². The van der Waals surface area contributed by atoms with Crippen LogP contribution in [0.15, 0.2) is 24.4 Å². The molecule has 1 aromatic carbocycles. The Hall–Kier alpha value is -1.65. The Morgan fingerprint density at radius 3 is 2.66 bits per heavy atom. The molecule has 0 radical (unpaired) electrons. The number of nitrogens with zero attached hydrogens (tertiary/aromatic N) is 2. The molecule has 32 heavy (non-hydrogen) atoms. The van der Waals surface area contributed by atoms with Crippen LogP contribution in [-0.4, -0.2) is 48.3 Å². The second kappa shape index (κ2) is 11.0. The Bertz CT molecular complexity index is 867. The second-order valence-electron chi connectivity index (χ2n) is 10.4. The lowest BCUT2D eigenvalue weighted by atomic mass is 9.74. The number of likely N-dealkylation sites (tertiary alicyclic amines) is 1. The number of aryl methyl sites for hydroxylation is 2. The van der Waals surface area contributed by atoms with Gasteiger partial charge in [-0.1, -0.05) is 32.1 Å². The van der Waals surface area contributed by atoms with E-state index in [1.54, 1.807) is 7.11 Å². The predicted molar refractivity (Wildman–Crippen MR) is 132 cm³/mol. The van der Waals surface area contributed by atoms with Crippen LogP contribution in [0.25, 0.3) is 10.9 Å². The smallest absolute Gasteiger partial charge is 0.119 e. The van der Waals surface area contributed by atoms with E-state index in [1.807, 2.05) is 12.3 Å². The molecule has 0 unspecified atom stereocenters. The number of rotatable bonds is 9. The van der Waals surface area contributed by atoms with E-state index in [0.29, 0.717) is 6.61 Å². The van der Waals surface area contributed by atoms with Crippen LogP contribution in [0.3, 0.4) is 0 Å².